The van der Waals surface area contributed by atoms with Crippen LogP contribution in [0.1, 0.15) is 28.5 Å². The molecule has 2 rings (SSSR count). The number of ketones is 1. The van der Waals surface area contributed by atoms with Crippen LogP contribution in [0.15, 0.2) is 35.5 Å². The van der Waals surface area contributed by atoms with E-state index in [1.54, 1.807) is 6.07 Å². The van der Waals surface area contributed by atoms with Crippen molar-refractivity contribution in [3.05, 3.63) is 47.2 Å². The number of nitrogen functional groups attached to an aromatic ring is 1. The summed E-state index contributed by atoms with van der Waals surface area (Å²) in [6.45, 7) is 5.71. The summed E-state index contributed by atoms with van der Waals surface area (Å²) in [5, 5.41) is 0.286. The molecule has 0 saturated heterocycles. The van der Waals surface area contributed by atoms with Crippen LogP contribution >= 0.6 is 11.8 Å². The number of aromatic nitrogens is 2. The van der Waals surface area contributed by atoms with Crippen molar-refractivity contribution in [2.45, 2.75) is 31.2 Å². The molecule has 0 aliphatic rings. The van der Waals surface area contributed by atoms with E-state index in [0.717, 1.165) is 11.3 Å². The number of Topliss-reactive ketones (excluding diaryl/α,β-unsaturated/α-hetero) is 1. The van der Waals surface area contributed by atoms with E-state index in [1.165, 1.54) is 11.8 Å². The fourth-order valence-corrected chi connectivity index (χ4v) is 2.70. The molecular weight excluding hydrogens is 270 g/mol. The fourth-order valence-electron chi connectivity index (χ4n) is 1.78. The number of anilines is 1. The molecule has 5 heteroatoms. The summed E-state index contributed by atoms with van der Waals surface area (Å²) >= 11 is 1.33. The molecule has 0 saturated carbocycles. The predicted octanol–water partition coefficient (Wildman–Crippen LogP) is 3.04. The number of nitrogens with two attached hydrogens (primary N) is 1. The van der Waals surface area contributed by atoms with Crippen molar-refractivity contribution in [3.63, 3.8) is 0 Å². The van der Waals surface area contributed by atoms with Crippen molar-refractivity contribution < 1.29 is 4.79 Å². The van der Waals surface area contributed by atoms with Gasteiger partial charge in [-0.05, 0) is 20.8 Å². The van der Waals surface area contributed by atoms with E-state index in [9.17, 15) is 4.79 Å². The molecule has 0 aliphatic carbocycles. The van der Waals surface area contributed by atoms with Crippen molar-refractivity contribution >= 4 is 23.4 Å². The van der Waals surface area contributed by atoms with Gasteiger partial charge < -0.3 is 5.73 Å². The Hall–Kier alpha value is -1.88. The highest BCUT2D eigenvalue weighted by Crippen LogP contribution is 2.23. The van der Waals surface area contributed by atoms with Gasteiger partial charge in [0.25, 0.3) is 0 Å². The molecule has 2 aromatic rings. The SMILES string of the molecule is Cc1ccc(C(=O)C(C)Sc2nc(C)cc(N)n2)cc1. The Balaban J connectivity index is 2.13. The van der Waals surface area contributed by atoms with Crippen LogP contribution in [0.25, 0.3) is 0 Å². The lowest BCUT2D eigenvalue weighted by atomic mass is 10.1. The second-order valence-corrected chi connectivity index (χ2v) is 6.02. The van der Waals surface area contributed by atoms with Gasteiger partial charge in [0.1, 0.15) is 5.82 Å². The first kappa shape index (κ1) is 14.5. The first-order valence-corrected chi connectivity index (χ1v) is 7.22. The number of benzene rings is 1. The molecule has 1 aromatic heterocycles. The number of hydrogen-bond acceptors (Lipinski definition) is 5. The molecule has 1 aromatic carbocycles. The summed E-state index contributed by atoms with van der Waals surface area (Å²) in [6, 6.07) is 9.27. The van der Waals surface area contributed by atoms with Crippen LogP contribution in [0.5, 0.6) is 0 Å². The second-order valence-electron chi connectivity index (χ2n) is 4.71. The van der Waals surface area contributed by atoms with E-state index >= 15 is 0 Å². The van der Waals surface area contributed by atoms with Gasteiger partial charge in [-0.2, -0.15) is 0 Å². The smallest absolute Gasteiger partial charge is 0.190 e. The summed E-state index contributed by atoms with van der Waals surface area (Å²) in [6.07, 6.45) is 0. The Morgan fingerprint density at radius 2 is 1.85 bits per heavy atom. The number of nitrogens with zero attached hydrogens (tertiary/aromatic N) is 2. The zero-order valence-corrected chi connectivity index (χ0v) is 12.6. The standard InChI is InChI=1S/C15H17N3OS/c1-9-4-6-12(7-5-9)14(19)11(3)20-15-17-10(2)8-13(16)18-15/h4-8,11H,1-3H3,(H2,16,17,18). The normalized spacial score (nSPS) is 12.2. The molecule has 0 aliphatic heterocycles. The quantitative estimate of drug-likeness (QED) is 0.532. The van der Waals surface area contributed by atoms with E-state index in [1.807, 2.05) is 45.0 Å². The highest BCUT2D eigenvalue weighted by molar-refractivity contribution is 8.00. The second kappa shape index (κ2) is 6.05. The lowest BCUT2D eigenvalue weighted by Gasteiger charge is -2.10. The number of thioether (sulfide) groups is 1. The summed E-state index contributed by atoms with van der Waals surface area (Å²) in [5.74, 6) is 0.494. The summed E-state index contributed by atoms with van der Waals surface area (Å²) in [4.78, 5) is 20.7. The molecule has 0 radical (unpaired) electrons. The number of hydrogen-bond donors (Lipinski definition) is 1. The molecule has 0 spiro atoms. The number of aryl methyl sites for hydroxylation is 2. The summed E-state index contributed by atoms with van der Waals surface area (Å²) in [7, 11) is 0. The molecule has 20 heavy (non-hydrogen) atoms. The van der Waals surface area contributed by atoms with Crippen molar-refractivity contribution in [2.24, 2.45) is 0 Å². The average molecular weight is 287 g/mol. The molecular formula is C15H17N3OS. The predicted molar refractivity (Wildman–Crippen MR) is 82.0 cm³/mol. The lowest BCUT2D eigenvalue weighted by Crippen LogP contribution is -2.14. The zero-order chi connectivity index (χ0) is 14.7. The van der Waals surface area contributed by atoms with Gasteiger partial charge in [-0.15, -0.1) is 0 Å². The Morgan fingerprint density at radius 3 is 2.45 bits per heavy atom. The average Bonchev–Trinajstić information content (AvgIpc) is 2.37. The molecule has 1 heterocycles. The largest absolute Gasteiger partial charge is 0.384 e. The fraction of sp³-hybridized carbons (Fsp3) is 0.267. The Labute approximate surface area is 122 Å². The minimum absolute atomic E-state index is 0.0682. The highest BCUT2D eigenvalue weighted by Gasteiger charge is 2.18. The van der Waals surface area contributed by atoms with Gasteiger partial charge >= 0.3 is 0 Å². The molecule has 4 nitrogen and oxygen atoms in total. The Morgan fingerprint density at radius 1 is 1.20 bits per heavy atom. The van der Waals surface area contributed by atoms with Gasteiger partial charge in [0.15, 0.2) is 10.9 Å². The number of rotatable bonds is 4. The Kier molecular flexibility index (Phi) is 4.39. The molecule has 0 fully saturated rings. The number of carbonyl (C=O) groups is 1. The highest BCUT2D eigenvalue weighted by atomic mass is 32.2. The van der Waals surface area contributed by atoms with Crippen LogP contribution in [0.4, 0.5) is 5.82 Å². The van der Waals surface area contributed by atoms with E-state index in [2.05, 4.69) is 9.97 Å². The minimum Gasteiger partial charge on any atom is -0.384 e. The van der Waals surface area contributed by atoms with Gasteiger partial charge in [0.2, 0.25) is 0 Å². The molecule has 0 amide bonds. The van der Waals surface area contributed by atoms with Crippen LogP contribution < -0.4 is 5.73 Å². The first-order valence-electron chi connectivity index (χ1n) is 6.34. The van der Waals surface area contributed by atoms with Crippen molar-refractivity contribution in [1.82, 2.24) is 9.97 Å². The van der Waals surface area contributed by atoms with E-state index in [-0.39, 0.29) is 11.0 Å². The zero-order valence-electron chi connectivity index (χ0n) is 11.8. The van der Waals surface area contributed by atoms with Crippen LogP contribution in [0.3, 0.4) is 0 Å². The van der Waals surface area contributed by atoms with Crippen molar-refractivity contribution in [2.75, 3.05) is 5.73 Å². The molecule has 1 atom stereocenters. The third kappa shape index (κ3) is 3.57. The molecule has 0 bridgehead atoms. The lowest BCUT2D eigenvalue weighted by molar-refractivity contribution is 0.0994. The summed E-state index contributed by atoms with van der Waals surface area (Å²) < 4.78 is 0. The third-order valence-corrected chi connectivity index (χ3v) is 3.80. The van der Waals surface area contributed by atoms with Crippen LogP contribution in [-0.2, 0) is 0 Å². The van der Waals surface area contributed by atoms with E-state index in [4.69, 9.17) is 5.73 Å². The molecule has 2 N–H and O–H groups in total. The maximum Gasteiger partial charge on any atom is 0.190 e. The van der Waals surface area contributed by atoms with Crippen molar-refractivity contribution in [3.8, 4) is 0 Å². The van der Waals surface area contributed by atoms with Crippen LogP contribution in [0, 0.1) is 13.8 Å². The first-order chi connectivity index (χ1) is 9.45. The monoisotopic (exact) mass is 287 g/mol. The Bertz CT molecular complexity index is 605. The van der Waals surface area contributed by atoms with Gasteiger partial charge in [-0.1, -0.05) is 41.6 Å². The summed E-state index contributed by atoms with van der Waals surface area (Å²) in [5.41, 5.74) is 8.33. The topological polar surface area (TPSA) is 68.9 Å². The maximum absolute atomic E-state index is 12.3. The number of carbonyl (C=O) groups excluding carboxylic acids is 1. The minimum atomic E-state index is -0.251. The van der Waals surface area contributed by atoms with Gasteiger partial charge in [-0.3, -0.25) is 4.79 Å². The van der Waals surface area contributed by atoms with Crippen molar-refractivity contribution in [1.29, 1.82) is 0 Å². The van der Waals surface area contributed by atoms with Crippen LogP contribution in [-0.4, -0.2) is 21.0 Å². The van der Waals surface area contributed by atoms with E-state index in [0.29, 0.717) is 16.5 Å². The van der Waals surface area contributed by atoms with Crippen LogP contribution in [0.2, 0.25) is 0 Å². The third-order valence-electron chi connectivity index (χ3n) is 2.84. The maximum atomic E-state index is 12.3. The van der Waals surface area contributed by atoms with Gasteiger partial charge in [0.05, 0.1) is 5.25 Å². The van der Waals surface area contributed by atoms with Gasteiger partial charge in [-0.25, -0.2) is 9.97 Å². The van der Waals surface area contributed by atoms with E-state index < -0.39 is 0 Å². The molecule has 104 valence electrons. The molecule has 1 unspecified atom stereocenters. The van der Waals surface area contributed by atoms with Gasteiger partial charge in [0, 0.05) is 17.3 Å².